The highest BCUT2D eigenvalue weighted by atomic mass is 16.2. The lowest BCUT2D eigenvalue weighted by atomic mass is 9.78. The number of carbonyl (C=O) groups excluding carboxylic acids is 2. The fourth-order valence-corrected chi connectivity index (χ4v) is 4.10. The van der Waals surface area contributed by atoms with Crippen molar-refractivity contribution < 1.29 is 9.59 Å². The maximum absolute atomic E-state index is 12.5. The number of piperidine rings is 1. The molecule has 2 atom stereocenters. The Kier molecular flexibility index (Phi) is 2.93. The maximum Gasteiger partial charge on any atom is 0.232 e. The quantitative estimate of drug-likeness (QED) is 0.754. The fraction of sp³-hybridized carbons (Fsp3) is 0.857. The third-order valence-corrected chi connectivity index (χ3v) is 5.21. The van der Waals surface area contributed by atoms with Gasteiger partial charge in [0, 0.05) is 18.4 Å². The van der Waals surface area contributed by atoms with Gasteiger partial charge < -0.3 is 5.73 Å². The van der Waals surface area contributed by atoms with Crippen molar-refractivity contribution in [3.63, 3.8) is 0 Å². The zero-order valence-corrected chi connectivity index (χ0v) is 10.9. The second kappa shape index (κ2) is 4.34. The summed E-state index contributed by atoms with van der Waals surface area (Å²) in [6.07, 6.45) is 7.76. The smallest absolute Gasteiger partial charge is 0.232 e. The van der Waals surface area contributed by atoms with Gasteiger partial charge in [-0.05, 0) is 32.1 Å². The normalized spacial score (nSPS) is 35.1. The summed E-state index contributed by atoms with van der Waals surface area (Å²) in [6.45, 7) is 0.434. The van der Waals surface area contributed by atoms with E-state index in [1.165, 1.54) is 6.42 Å². The molecule has 100 valence electrons. The zero-order valence-electron chi connectivity index (χ0n) is 10.9. The van der Waals surface area contributed by atoms with Crippen LogP contribution >= 0.6 is 0 Å². The highest BCUT2D eigenvalue weighted by molar-refractivity contribution is 6.01. The first-order chi connectivity index (χ1) is 8.68. The van der Waals surface area contributed by atoms with E-state index in [1.807, 2.05) is 0 Å². The largest absolute Gasteiger partial charge is 0.328 e. The number of carbonyl (C=O) groups is 2. The zero-order chi connectivity index (χ0) is 12.8. The van der Waals surface area contributed by atoms with Gasteiger partial charge in [0.15, 0.2) is 0 Å². The summed E-state index contributed by atoms with van der Waals surface area (Å²) in [4.78, 5) is 26.6. The molecule has 3 rings (SSSR count). The van der Waals surface area contributed by atoms with Crippen LogP contribution in [0.1, 0.15) is 51.4 Å². The van der Waals surface area contributed by atoms with Crippen molar-refractivity contribution in [2.45, 2.75) is 56.9 Å². The van der Waals surface area contributed by atoms with Crippen molar-refractivity contribution in [1.82, 2.24) is 4.90 Å². The van der Waals surface area contributed by atoms with E-state index in [4.69, 9.17) is 5.73 Å². The molecule has 2 aliphatic carbocycles. The summed E-state index contributed by atoms with van der Waals surface area (Å²) in [7, 11) is 0. The summed E-state index contributed by atoms with van der Waals surface area (Å²) < 4.78 is 0. The lowest BCUT2D eigenvalue weighted by molar-refractivity contribution is -0.162. The second-order valence-electron chi connectivity index (χ2n) is 6.21. The third-order valence-electron chi connectivity index (χ3n) is 5.21. The molecule has 2 N–H and O–H groups in total. The van der Waals surface area contributed by atoms with Gasteiger partial charge in [0.2, 0.25) is 11.8 Å². The first-order valence-electron chi connectivity index (χ1n) is 7.26. The van der Waals surface area contributed by atoms with Crippen molar-refractivity contribution in [2.75, 3.05) is 6.54 Å². The molecule has 0 spiro atoms. The number of rotatable bonds is 2. The maximum atomic E-state index is 12.5. The molecule has 0 aromatic heterocycles. The van der Waals surface area contributed by atoms with Gasteiger partial charge in [-0.3, -0.25) is 14.5 Å². The Balaban J connectivity index is 1.93. The molecule has 18 heavy (non-hydrogen) atoms. The van der Waals surface area contributed by atoms with Crippen molar-refractivity contribution in [1.29, 1.82) is 0 Å². The topological polar surface area (TPSA) is 63.4 Å². The van der Waals surface area contributed by atoms with Gasteiger partial charge >= 0.3 is 0 Å². The number of nitrogens with zero attached hydrogens (tertiary/aromatic N) is 1. The van der Waals surface area contributed by atoms with Crippen molar-refractivity contribution >= 4 is 11.8 Å². The Morgan fingerprint density at radius 1 is 1.06 bits per heavy atom. The molecule has 2 saturated carbocycles. The van der Waals surface area contributed by atoms with Crippen LogP contribution in [0, 0.1) is 11.8 Å². The van der Waals surface area contributed by atoms with E-state index >= 15 is 0 Å². The van der Waals surface area contributed by atoms with Crippen LogP contribution in [0.4, 0.5) is 0 Å². The van der Waals surface area contributed by atoms with E-state index < -0.39 is 0 Å². The monoisotopic (exact) mass is 250 g/mol. The van der Waals surface area contributed by atoms with Crippen LogP contribution in [-0.2, 0) is 9.59 Å². The van der Waals surface area contributed by atoms with E-state index in [9.17, 15) is 9.59 Å². The lowest BCUT2D eigenvalue weighted by Gasteiger charge is -2.47. The highest BCUT2D eigenvalue weighted by Gasteiger charge is 2.52. The van der Waals surface area contributed by atoms with Gasteiger partial charge in [-0.25, -0.2) is 0 Å². The minimum Gasteiger partial charge on any atom is -0.328 e. The van der Waals surface area contributed by atoms with Crippen LogP contribution in [-0.4, -0.2) is 28.8 Å². The first-order valence-corrected chi connectivity index (χ1v) is 7.26. The molecule has 4 heteroatoms. The minimum atomic E-state index is -0.353. The molecule has 1 aliphatic heterocycles. The number of likely N-dealkylation sites (tertiary alicyclic amines) is 1. The predicted octanol–water partition coefficient (Wildman–Crippen LogP) is 1.43. The molecule has 3 aliphatic rings. The Labute approximate surface area is 108 Å². The summed E-state index contributed by atoms with van der Waals surface area (Å²) in [5.74, 6) is 0.332. The van der Waals surface area contributed by atoms with Gasteiger partial charge in [0.1, 0.15) is 0 Å². The standard InChI is InChI=1S/C14H22N2O2/c15-9-14(6-2-1-3-7-14)16-12(17)10-4-5-11(8-10)13(16)18/h10-11H,1-9,15H2. The Morgan fingerprint density at radius 3 is 2.11 bits per heavy atom. The molecule has 0 aromatic carbocycles. The van der Waals surface area contributed by atoms with Crippen LogP contribution in [0.15, 0.2) is 0 Å². The van der Waals surface area contributed by atoms with Crippen molar-refractivity contribution in [3.8, 4) is 0 Å². The van der Waals surface area contributed by atoms with E-state index in [0.29, 0.717) is 6.54 Å². The van der Waals surface area contributed by atoms with E-state index in [2.05, 4.69) is 0 Å². The number of fused-ring (bicyclic) bond motifs is 2. The average Bonchev–Trinajstić information content (AvgIpc) is 2.85. The SMILES string of the molecule is NCC1(N2C(=O)C3CCC(C3)C2=O)CCCCC1. The van der Waals surface area contributed by atoms with Gasteiger partial charge in [-0.1, -0.05) is 19.3 Å². The average molecular weight is 250 g/mol. The number of nitrogens with two attached hydrogens (primary N) is 1. The molecule has 2 unspecified atom stereocenters. The Morgan fingerprint density at radius 2 is 1.61 bits per heavy atom. The number of hydrogen-bond acceptors (Lipinski definition) is 3. The minimum absolute atomic E-state index is 0.0705. The lowest BCUT2D eigenvalue weighted by Crippen LogP contribution is -2.63. The van der Waals surface area contributed by atoms with Crippen LogP contribution in [0.5, 0.6) is 0 Å². The number of imide groups is 1. The van der Waals surface area contributed by atoms with Gasteiger partial charge in [-0.2, -0.15) is 0 Å². The third kappa shape index (κ3) is 1.62. The van der Waals surface area contributed by atoms with Crippen molar-refractivity contribution in [3.05, 3.63) is 0 Å². The molecule has 1 saturated heterocycles. The molecule has 0 radical (unpaired) electrons. The molecule has 0 aromatic rings. The summed E-state index contributed by atoms with van der Waals surface area (Å²) in [6, 6.07) is 0. The molecule has 3 fully saturated rings. The van der Waals surface area contributed by atoms with Crippen LogP contribution in [0.3, 0.4) is 0 Å². The number of amides is 2. The second-order valence-corrected chi connectivity index (χ2v) is 6.21. The molecule has 2 amide bonds. The van der Waals surface area contributed by atoms with Crippen LogP contribution in [0.25, 0.3) is 0 Å². The molecular formula is C14H22N2O2. The van der Waals surface area contributed by atoms with Gasteiger partial charge in [-0.15, -0.1) is 0 Å². The van der Waals surface area contributed by atoms with Crippen LogP contribution < -0.4 is 5.73 Å². The molecular weight excluding hydrogens is 228 g/mol. The van der Waals surface area contributed by atoms with Crippen molar-refractivity contribution in [2.24, 2.45) is 17.6 Å². The predicted molar refractivity (Wildman–Crippen MR) is 67.6 cm³/mol. The first kappa shape index (κ1) is 12.2. The summed E-state index contributed by atoms with van der Waals surface area (Å²) >= 11 is 0. The van der Waals surface area contributed by atoms with Gasteiger partial charge in [0.05, 0.1) is 5.54 Å². The van der Waals surface area contributed by atoms with E-state index in [-0.39, 0.29) is 29.2 Å². The molecule has 1 heterocycles. The van der Waals surface area contributed by atoms with Crippen LogP contribution in [0.2, 0.25) is 0 Å². The Bertz CT molecular complexity index is 352. The summed E-state index contributed by atoms with van der Waals surface area (Å²) in [5, 5.41) is 0. The molecule has 2 bridgehead atoms. The summed E-state index contributed by atoms with van der Waals surface area (Å²) in [5.41, 5.74) is 5.61. The highest BCUT2D eigenvalue weighted by Crippen LogP contribution is 2.44. The molecule has 4 nitrogen and oxygen atoms in total. The fourth-order valence-electron chi connectivity index (χ4n) is 4.10. The van der Waals surface area contributed by atoms with E-state index in [0.717, 1.165) is 44.9 Å². The number of hydrogen-bond donors (Lipinski definition) is 1. The Hall–Kier alpha value is -0.900. The van der Waals surface area contributed by atoms with Gasteiger partial charge in [0.25, 0.3) is 0 Å². The van der Waals surface area contributed by atoms with E-state index in [1.54, 1.807) is 4.90 Å².